The Kier molecular flexibility index (Phi) is 6.58. The number of nitrogens with two attached hydrogens (primary N) is 1. The summed E-state index contributed by atoms with van der Waals surface area (Å²) in [6, 6.07) is 17.8. The molecule has 0 aromatic heterocycles. The van der Waals surface area contributed by atoms with Crippen molar-refractivity contribution in [2.24, 2.45) is 27.2 Å². The van der Waals surface area contributed by atoms with Crippen LogP contribution in [0.3, 0.4) is 0 Å². The van der Waals surface area contributed by atoms with Gasteiger partial charge in [0.05, 0.1) is 30.1 Å². The van der Waals surface area contributed by atoms with Gasteiger partial charge in [-0.25, -0.2) is 0 Å². The number of carbonyl (C=O) groups is 1. The molecule has 2 N–H and O–H groups in total. The number of carbonyl (C=O) groups excluding carboxylic acids is 1. The molecule has 192 valence electrons. The van der Waals surface area contributed by atoms with Crippen molar-refractivity contribution in [2.75, 3.05) is 0 Å². The molecule has 1 fully saturated rings. The fraction of sp³-hybridized carbons (Fsp3) is 0.345. The van der Waals surface area contributed by atoms with Gasteiger partial charge in [0.25, 0.3) is 5.84 Å². The average molecular weight is 501 g/mol. The van der Waals surface area contributed by atoms with E-state index in [2.05, 4.69) is 4.99 Å². The molecule has 0 amide bonds. The molecule has 2 atom stereocenters. The molecule has 8 heteroatoms. The smallest absolute Gasteiger partial charge is 0.265 e. The molecule has 0 saturated heterocycles. The maximum atomic E-state index is 11.6. The van der Waals surface area contributed by atoms with Gasteiger partial charge in [-0.15, -0.1) is 4.59 Å². The average Bonchev–Trinajstić information content (AvgIpc) is 3.14. The number of benzene rings is 2. The van der Waals surface area contributed by atoms with Crippen LogP contribution in [-0.2, 0) is 16.1 Å². The molecule has 8 nitrogen and oxygen atoms in total. The zero-order chi connectivity index (χ0) is 26.2. The molecule has 2 aromatic rings. The first kappa shape index (κ1) is 25.1. The normalized spacial score (nSPS) is 25.4. The number of allylic oxidation sites excluding steroid dienone is 2. The molecule has 0 spiro atoms. The lowest BCUT2D eigenvalue weighted by molar-refractivity contribution is -0.750. The van der Waals surface area contributed by atoms with Crippen molar-refractivity contribution in [1.29, 1.82) is 0 Å². The van der Waals surface area contributed by atoms with E-state index in [0.717, 1.165) is 28.3 Å². The SMILES string of the molecule is CC(C)(C)C(OC1CC(C2=C3C=NC=C[N+]3(N)C(c3cccc(OCc4ccccc4)c3)=N2)C1)C(=O)[O-]. The fourth-order valence-electron chi connectivity index (χ4n) is 4.88. The lowest BCUT2D eigenvalue weighted by Gasteiger charge is -2.41. The highest BCUT2D eigenvalue weighted by Gasteiger charge is 2.49. The van der Waals surface area contributed by atoms with Gasteiger partial charge in [0.2, 0.25) is 5.70 Å². The highest BCUT2D eigenvalue weighted by atomic mass is 16.5. The van der Waals surface area contributed by atoms with Crippen molar-refractivity contribution in [3.05, 3.63) is 89.5 Å². The quantitative estimate of drug-likeness (QED) is 0.441. The maximum absolute atomic E-state index is 11.6. The summed E-state index contributed by atoms with van der Waals surface area (Å²) in [7, 11) is 0. The Labute approximate surface area is 217 Å². The van der Waals surface area contributed by atoms with Crippen LogP contribution in [0.15, 0.2) is 88.4 Å². The van der Waals surface area contributed by atoms with Gasteiger partial charge in [0.15, 0.2) is 0 Å². The fourth-order valence-corrected chi connectivity index (χ4v) is 4.88. The molecule has 0 radical (unpaired) electrons. The van der Waals surface area contributed by atoms with E-state index in [4.69, 9.17) is 20.3 Å². The summed E-state index contributed by atoms with van der Waals surface area (Å²) in [5, 5.41) is 11.6. The minimum Gasteiger partial charge on any atom is -0.547 e. The summed E-state index contributed by atoms with van der Waals surface area (Å²) in [5.74, 6) is 7.21. The van der Waals surface area contributed by atoms with E-state index in [1.54, 1.807) is 12.4 Å². The highest BCUT2D eigenvalue weighted by molar-refractivity contribution is 6.00. The molecule has 3 aliphatic rings. The van der Waals surface area contributed by atoms with Crippen molar-refractivity contribution >= 4 is 18.0 Å². The van der Waals surface area contributed by atoms with Gasteiger partial charge in [0.1, 0.15) is 30.4 Å². The number of quaternary nitrogens is 1. The van der Waals surface area contributed by atoms with Gasteiger partial charge in [-0.1, -0.05) is 57.2 Å². The number of hydrogen-bond acceptors (Lipinski definition) is 7. The number of aliphatic imine (C=N–C) groups is 2. The Balaban J connectivity index is 1.35. The molecule has 2 heterocycles. The number of fused-ring (bicyclic) bond motifs is 1. The van der Waals surface area contributed by atoms with E-state index in [1.165, 1.54) is 0 Å². The Morgan fingerprint density at radius 1 is 1.16 bits per heavy atom. The second kappa shape index (κ2) is 9.70. The maximum Gasteiger partial charge on any atom is 0.265 e. The highest BCUT2D eigenvalue weighted by Crippen LogP contribution is 2.44. The van der Waals surface area contributed by atoms with Crippen molar-refractivity contribution in [2.45, 2.75) is 52.4 Å². The minimum atomic E-state index is -1.18. The van der Waals surface area contributed by atoms with Crippen LogP contribution in [0.2, 0.25) is 0 Å². The van der Waals surface area contributed by atoms with E-state index < -0.39 is 17.5 Å². The van der Waals surface area contributed by atoms with Crippen LogP contribution in [0.5, 0.6) is 5.75 Å². The zero-order valence-electron chi connectivity index (χ0n) is 21.3. The van der Waals surface area contributed by atoms with E-state index in [0.29, 0.717) is 25.3 Å². The van der Waals surface area contributed by atoms with Crippen LogP contribution in [0.25, 0.3) is 0 Å². The van der Waals surface area contributed by atoms with Gasteiger partial charge in [-0.05, 0) is 42.0 Å². The Hall–Kier alpha value is -3.59. The Bertz CT molecular complexity index is 1300. The van der Waals surface area contributed by atoms with E-state index >= 15 is 0 Å². The molecule has 2 unspecified atom stereocenters. The van der Waals surface area contributed by atoms with Gasteiger partial charge in [-0.2, -0.15) is 10.8 Å². The van der Waals surface area contributed by atoms with Gasteiger partial charge in [0, 0.05) is 5.92 Å². The molecule has 1 aliphatic carbocycles. The van der Waals surface area contributed by atoms with Crippen molar-refractivity contribution in [3.8, 4) is 5.75 Å². The molecule has 37 heavy (non-hydrogen) atoms. The molecule has 0 bridgehead atoms. The number of aliphatic carboxylic acids is 1. The van der Waals surface area contributed by atoms with Crippen molar-refractivity contribution in [1.82, 2.24) is 0 Å². The topological polar surface area (TPSA) is 109 Å². The van der Waals surface area contributed by atoms with Crippen LogP contribution in [0, 0.1) is 11.3 Å². The Morgan fingerprint density at radius 2 is 1.92 bits per heavy atom. The van der Waals surface area contributed by atoms with Gasteiger partial charge < -0.3 is 19.4 Å². The molecule has 5 rings (SSSR count). The predicted molar refractivity (Wildman–Crippen MR) is 139 cm³/mol. The second-order valence-electron chi connectivity index (χ2n) is 10.9. The molecule has 2 aliphatic heterocycles. The summed E-state index contributed by atoms with van der Waals surface area (Å²) in [6.45, 7) is 5.98. The number of carboxylic acid groups (broad SMARTS) is 1. The van der Waals surface area contributed by atoms with Gasteiger partial charge in [-0.3, -0.25) is 4.99 Å². The number of carboxylic acids is 1. The first-order valence-electron chi connectivity index (χ1n) is 12.5. The number of ether oxygens (including phenoxy) is 2. The third-order valence-electron chi connectivity index (χ3n) is 6.97. The molecule has 1 saturated carbocycles. The van der Waals surface area contributed by atoms with E-state index in [1.807, 2.05) is 81.6 Å². The van der Waals surface area contributed by atoms with E-state index in [-0.39, 0.29) is 16.6 Å². The van der Waals surface area contributed by atoms with Crippen LogP contribution in [0.1, 0.15) is 44.7 Å². The first-order valence-corrected chi connectivity index (χ1v) is 12.5. The monoisotopic (exact) mass is 500 g/mol. The number of nitrogens with zero attached hydrogens (tertiary/aromatic N) is 3. The van der Waals surface area contributed by atoms with Crippen LogP contribution in [-0.4, -0.2) is 34.8 Å². The van der Waals surface area contributed by atoms with Crippen molar-refractivity contribution in [3.63, 3.8) is 0 Å². The summed E-state index contributed by atoms with van der Waals surface area (Å²) < 4.78 is 11.9. The number of rotatable bonds is 8. The third kappa shape index (κ3) is 5.00. The second-order valence-corrected chi connectivity index (χ2v) is 10.9. The lowest BCUT2D eigenvalue weighted by Crippen LogP contribution is -2.53. The van der Waals surface area contributed by atoms with Crippen LogP contribution >= 0.6 is 0 Å². The summed E-state index contributed by atoms with van der Waals surface area (Å²) >= 11 is 0. The summed E-state index contributed by atoms with van der Waals surface area (Å²) in [4.78, 5) is 21.0. The Morgan fingerprint density at radius 3 is 2.62 bits per heavy atom. The summed E-state index contributed by atoms with van der Waals surface area (Å²) in [5.41, 5.74) is 3.06. The largest absolute Gasteiger partial charge is 0.547 e. The molecular formula is C29H32N4O4. The molecular weight excluding hydrogens is 468 g/mol. The standard InChI is InChI=1S/C29H32N4O4/c1-29(2,3)26(28(34)35)37-23-15-21(16-23)25-24-17-31-12-13-33(24,30)27(32-25)20-10-7-11-22(14-20)36-18-19-8-5-4-6-9-19/h4-14,17,21,23,26H,15-16,18,30H2,1-3H3. The van der Waals surface area contributed by atoms with Crippen LogP contribution in [0.4, 0.5) is 0 Å². The zero-order valence-corrected chi connectivity index (χ0v) is 21.3. The summed E-state index contributed by atoms with van der Waals surface area (Å²) in [6.07, 6.45) is 5.43. The number of amidine groups is 1. The van der Waals surface area contributed by atoms with Crippen LogP contribution < -0.4 is 15.7 Å². The van der Waals surface area contributed by atoms with E-state index in [9.17, 15) is 9.90 Å². The minimum absolute atomic E-state index is 0.0767. The number of hydrogen-bond donors (Lipinski definition) is 1. The first-order chi connectivity index (χ1) is 17.6. The van der Waals surface area contributed by atoms with Gasteiger partial charge >= 0.3 is 0 Å². The lowest BCUT2D eigenvalue weighted by atomic mass is 9.78. The predicted octanol–water partition coefficient (Wildman–Crippen LogP) is 3.44. The van der Waals surface area contributed by atoms with Crippen molar-refractivity contribution < 1.29 is 24.0 Å². The third-order valence-corrected chi connectivity index (χ3v) is 6.97. The molecule has 2 aromatic carbocycles.